The Labute approximate surface area is 103 Å². The van der Waals surface area contributed by atoms with Gasteiger partial charge in [-0.05, 0) is 26.2 Å². The summed E-state index contributed by atoms with van der Waals surface area (Å²) in [5, 5.41) is 8.96. The number of nitrogens with zero attached hydrogens (tertiary/aromatic N) is 1. The zero-order valence-corrected chi connectivity index (χ0v) is 11.8. The third-order valence-electron chi connectivity index (χ3n) is 2.40. The molecule has 0 radical (unpaired) electrons. The highest BCUT2D eigenvalue weighted by Crippen LogP contribution is 2.08. The molecule has 0 aromatic rings. The number of aliphatic carboxylic acids is 1. The SMILES string of the molecule is CC(C)CC(NS(=O)(=O)N(C)C(C)C)C(=O)O. The standard InChI is InChI=1S/C10H22N2O4S/c1-7(2)6-9(10(13)14)11-17(15,16)12(5)8(3)4/h7-9,11H,6H2,1-5H3,(H,13,14). The number of carbonyl (C=O) groups is 1. The average Bonchev–Trinajstić information content (AvgIpc) is 2.14. The lowest BCUT2D eigenvalue weighted by atomic mass is 10.1. The Kier molecular flexibility index (Phi) is 6.08. The van der Waals surface area contributed by atoms with Crippen LogP contribution >= 0.6 is 0 Å². The van der Waals surface area contributed by atoms with Gasteiger partial charge in [0.15, 0.2) is 0 Å². The predicted octanol–water partition coefficient (Wildman–Crippen LogP) is 0.660. The van der Waals surface area contributed by atoms with Gasteiger partial charge in [-0.3, -0.25) is 4.79 Å². The lowest BCUT2D eigenvalue weighted by Gasteiger charge is -2.24. The Morgan fingerprint density at radius 1 is 1.29 bits per heavy atom. The van der Waals surface area contributed by atoms with E-state index in [1.807, 2.05) is 13.8 Å². The summed E-state index contributed by atoms with van der Waals surface area (Å²) < 4.78 is 27.0. The molecule has 0 aromatic heterocycles. The number of rotatable bonds is 7. The molecule has 7 heteroatoms. The van der Waals surface area contributed by atoms with Crippen LogP contribution in [0.1, 0.15) is 34.1 Å². The molecule has 0 saturated heterocycles. The summed E-state index contributed by atoms with van der Waals surface area (Å²) in [4.78, 5) is 11.0. The highest BCUT2D eigenvalue weighted by atomic mass is 32.2. The molecule has 0 bridgehead atoms. The summed E-state index contributed by atoms with van der Waals surface area (Å²) in [5.74, 6) is -1.05. The molecule has 102 valence electrons. The molecule has 6 nitrogen and oxygen atoms in total. The van der Waals surface area contributed by atoms with Crippen LogP contribution in [0.15, 0.2) is 0 Å². The maximum Gasteiger partial charge on any atom is 0.321 e. The van der Waals surface area contributed by atoms with Crippen molar-refractivity contribution in [3.05, 3.63) is 0 Å². The van der Waals surface area contributed by atoms with E-state index in [-0.39, 0.29) is 18.4 Å². The van der Waals surface area contributed by atoms with Gasteiger partial charge in [-0.1, -0.05) is 13.8 Å². The van der Waals surface area contributed by atoms with Gasteiger partial charge in [0.05, 0.1) is 0 Å². The summed E-state index contributed by atoms with van der Waals surface area (Å²) in [6, 6.07) is -1.30. The van der Waals surface area contributed by atoms with Crippen LogP contribution in [-0.2, 0) is 15.0 Å². The molecule has 0 heterocycles. The van der Waals surface area contributed by atoms with Gasteiger partial charge in [-0.15, -0.1) is 0 Å². The van der Waals surface area contributed by atoms with E-state index in [0.717, 1.165) is 4.31 Å². The first kappa shape index (κ1) is 16.3. The number of carboxylic acids is 1. The van der Waals surface area contributed by atoms with E-state index in [0.29, 0.717) is 0 Å². The Morgan fingerprint density at radius 3 is 2.06 bits per heavy atom. The van der Waals surface area contributed by atoms with Gasteiger partial charge in [0, 0.05) is 13.1 Å². The molecular weight excluding hydrogens is 244 g/mol. The van der Waals surface area contributed by atoms with Crippen LogP contribution in [0.4, 0.5) is 0 Å². The lowest BCUT2D eigenvalue weighted by Crippen LogP contribution is -2.49. The molecule has 1 atom stereocenters. The first-order chi connectivity index (χ1) is 7.58. The minimum atomic E-state index is -3.75. The van der Waals surface area contributed by atoms with Crippen molar-refractivity contribution < 1.29 is 18.3 Å². The van der Waals surface area contributed by atoms with Gasteiger partial charge < -0.3 is 5.11 Å². The number of carboxylic acid groups (broad SMARTS) is 1. The van der Waals surface area contributed by atoms with E-state index >= 15 is 0 Å². The Morgan fingerprint density at radius 2 is 1.76 bits per heavy atom. The fraction of sp³-hybridized carbons (Fsp3) is 0.900. The summed E-state index contributed by atoms with van der Waals surface area (Å²) >= 11 is 0. The van der Waals surface area contributed by atoms with Crippen molar-refractivity contribution in [3.8, 4) is 0 Å². The minimum absolute atomic E-state index is 0.100. The molecule has 0 saturated carbocycles. The van der Waals surface area contributed by atoms with E-state index in [9.17, 15) is 13.2 Å². The third-order valence-corrected chi connectivity index (χ3v) is 4.17. The molecule has 0 aliphatic carbocycles. The number of nitrogens with one attached hydrogen (secondary N) is 1. The van der Waals surface area contributed by atoms with Crippen LogP contribution < -0.4 is 4.72 Å². The van der Waals surface area contributed by atoms with Crippen LogP contribution in [0.3, 0.4) is 0 Å². The van der Waals surface area contributed by atoms with Crippen molar-refractivity contribution in [2.75, 3.05) is 7.05 Å². The normalized spacial score (nSPS) is 14.6. The lowest BCUT2D eigenvalue weighted by molar-refractivity contribution is -0.139. The highest BCUT2D eigenvalue weighted by molar-refractivity contribution is 7.87. The fourth-order valence-electron chi connectivity index (χ4n) is 1.21. The van der Waals surface area contributed by atoms with Gasteiger partial charge in [-0.25, -0.2) is 0 Å². The number of hydrogen-bond acceptors (Lipinski definition) is 3. The summed E-state index contributed by atoms with van der Waals surface area (Å²) in [6.45, 7) is 7.13. The van der Waals surface area contributed by atoms with Gasteiger partial charge in [0.2, 0.25) is 0 Å². The van der Waals surface area contributed by atoms with Crippen molar-refractivity contribution in [1.82, 2.24) is 9.03 Å². The highest BCUT2D eigenvalue weighted by Gasteiger charge is 2.28. The second-order valence-corrected chi connectivity index (χ2v) is 6.52. The molecule has 17 heavy (non-hydrogen) atoms. The average molecular weight is 266 g/mol. The maximum absolute atomic E-state index is 11.8. The van der Waals surface area contributed by atoms with Crippen LogP contribution in [0, 0.1) is 5.92 Å². The van der Waals surface area contributed by atoms with E-state index in [1.165, 1.54) is 7.05 Å². The Hall–Kier alpha value is -0.660. The van der Waals surface area contributed by atoms with E-state index in [4.69, 9.17) is 5.11 Å². The van der Waals surface area contributed by atoms with Gasteiger partial charge in [0.25, 0.3) is 10.2 Å². The van der Waals surface area contributed by atoms with Crippen molar-refractivity contribution in [2.45, 2.75) is 46.2 Å². The van der Waals surface area contributed by atoms with E-state index < -0.39 is 22.2 Å². The quantitative estimate of drug-likeness (QED) is 0.708. The second-order valence-electron chi connectivity index (χ2n) is 4.75. The summed E-state index contributed by atoms with van der Waals surface area (Å²) in [7, 11) is -2.33. The molecule has 0 amide bonds. The van der Waals surface area contributed by atoms with Gasteiger partial charge in [0.1, 0.15) is 6.04 Å². The van der Waals surface area contributed by atoms with E-state index in [1.54, 1.807) is 13.8 Å². The molecule has 0 aliphatic rings. The molecule has 0 aliphatic heterocycles. The third kappa shape index (κ3) is 5.47. The van der Waals surface area contributed by atoms with E-state index in [2.05, 4.69) is 4.72 Å². The molecule has 0 spiro atoms. The largest absolute Gasteiger partial charge is 0.480 e. The van der Waals surface area contributed by atoms with Crippen molar-refractivity contribution in [1.29, 1.82) is 0 Å². The van der Waals surface area contributed by atoms with Crippen LogP contribution in [-0.4, -0.2) is 42.9 Å². The zero-order chi connectivity index (χ0) is 13.8. The Bertz CT molecular complexity index is 351. The molecule has 0 rings (SSSR count). The first-order valence-corrected chi connectivity index (χ1v) is 7.00. The zero-order valence-electron chi connectivity index (χ0n) is 11.0. The van der Waals surface area contributed by atoms with Gasteiger partial charge in [-0.2, -0.15) is 17.4 Å². The van der Waals surface area contributed by atoms with Crippen molar-refractivity contribution >= 4 is 16.2 Å². The first-order valence-electron chi connectivity index (χ1n) is 5.56. The topological polar surface area (TPSA) is 86.7 Å². The van der Waals surface area contributed by atoms with Crippen molar-refractivity contribution in [3.63, 3.8) is 0 Å². The van der Waals surface area contributed by atoms with Crippen LogP contribution in [0.25, 0.3) is 0 Å². The van der Waals surface area contributed by atoms with Crippen LogP contribution in [0.2, 0.25) is 0 Å². The van der Waals surface area contributed by atoms with Gasteiger partial charge >= 0.3 is 5.97 Å². The van der Waals surface area contributed by atoms with Crippen molar-refractivity contribution in [2.24, 2.45) is 5.92 Å². The molecule has 0 fully saturated rings. The Balaban J connectivity index is 4.82. The predicted molar refractivity (Wildman–Crippen MR) is 65.8 cm³/mol. The molecular formula is C10H22N2O4S. The van der Waals surface area contributed by atoms with Crippen LogP contribution in [0.5, 0.6) is 0 Å². The smallest absolute Gasteiger partial charge is 0.321 e. The minimum Gasteiger partial charge on any atom is -0.480 e. The molecule has 1 unspecified atom stereocenters. The second kappa shape index (κ2) is 6.32. The summed E-state index contributed by atoms with van der Waals surface area (Å²) in [5.41, 5.74) is 0. The number of hydrogen-bond donors (Lipinski definition) is 2. The maximum atomic E-state index is 11.8. The monoisotopic (exact) mass is 266 g/mol. The fourth-order valence-corrected chi connectivity index (χ4v) is 2.49. The molecule has 0 aromatic carbocycles. The summed E-state index contributed by atoms with van der Waals surface area (Å²) in [6.07, 6.45) is 0.264. The molecule has 2 N–H and O–H groups in total.